The number of aliphatic hydroxyl groups excluding tert-OH is 1. The van der Waals surface area contributed by atoms with Crippen LogP contribution in [0.5, 0.6) is 0 Å². The highest BCUT2D eigenvalue weighted by Gasteiger charge is 2.11. The smallest absolute Gasteiger partial charge is 0.206 e. The predicted octanol–water partition coefficient (Wildman–Crippen LogP) is 2.34. The highest BCUT2D eigenvalue weighted by Crippen LogP contribution is 2.28. The summed E-state index contributed by atoms with van der Waals surface area (Å²) in [6, 6.07) is 6.54. The Labute approximate surface area is 113 Å². The fraction of sp³-hybridized carbons (Fsp3) is 0.167. The highest BCUT2D eigenvalue weighted by molar-refractivity contribution is 6.43. The van der Waals surface area contributed by atoms with Gasteiger partial charge in [0.1, 0.15) is 5.69 Å². The minimum atomic E-state index is -0.419. The van der Waals surface area contributed by atoms with Gasteiger partial charge in [-0.1, -0.05) is 29.3 Å². The first-order chi connectivity index (χ1) is 8.54. The summed E-state index contributed by atoms with van der Waals surface area (Å²) in [5.74, 6) is 0. The van der Waals surface area contributed by atoms with Gasteiger partial charge in [-0.05, 0) is 19.1 Å². The van der Waals surface area contributed by atoms with Crippen molar-refractivity contribution in [2.75, 3.05) is 0 Å². The largest absolute Gasteiger partial charge is 0.390 e. The van der Waals surface area contributed by atoms with Gasteiger partial charge in [0, 0.05) is 11.8 Å². The third-order valence-electron chi connectivity index (χ3n) is 2.49. The Morgan fingerprint density at radius 3 is 2.78 bits per heavy atom. The van der Waals surface area contributed by atoms with Gasteiger partial charge < -0.3 is 5.11 Å². The van der Waals surface area contributed by atoms with Crippen LogP contribution in [0.15, 0.2) is 29.1 Å². The molecule has 0 bridgehead atoms. The second kappa shape index (κ2) is 5.10. The van der Waals surface area contributed by atoms with Crippen LogP contribution in [-0.2, 0) is 6.61 Å². The Kier molecular flexibility index (Phi) is 3.71. The first-order valence-electron chi connectivity index (χ1n) is 5.19. The van der Waals surface area contributed by atoms with E-state index in [0.717, 1.165) is 0 Å². The molecule has 1 aromatic carbocycles. The average molecular weight is 285 g/mol. The number of aromatic nitrogens is 2. The monoisotopic (exact) mass is 284 g/mol. The lowest BCUT2D eigenvalue weighted by Gasteiger charge is -2.12. The maximum Gasteiger partial charge on any atom is 0.206 e. The molecular formula is C12H10Cl2N2O2. The van der Waals surface area contributed by atoms with E-state index in [2.05, 4.69) is 5.10 Å². The molecule has 0 radical (unpaired) electrons. The first-order valence-corrected chi connectivity index (χ1v) is 5.95. The maximum absolute atomic E-state index is 11.5. The summed E-state index contributed by atoms with van der Waals surface area (Å²) in [7, 11) is 0. The molecule has 0 spiro atoms. The molecule has 1 aromatic heterocycles. The lowest BCUT2D eigenvalue weighted by Crippen LogP contribution is -2.18. The summed E-state index contributed by atoms with van der Waals surface area (Å²) in [4.78, 5) is 11.5. The summed E-state index contributed by atoms with van der Waals surface area (Å²) in [5, 5.41) is 13.9. The SMILES string of the molecule is Cc1cc(=O)c(CO)nn1-c1cccc(Cl)c1Cl. The first kappa shape index (κ1) is 13.1. The number of nitrogens with zero attached hydrogens (tertiary/aromatic N) is 2. The van der Waals surface area contributed by atoms with Crippen LogP contribution < -0.4 is 5.43 Å². The quantitative estimate of drug-likeness (QED) is 0.921. The topological polar surface area (TPSA) is 55.1 Å². The molecule has 2 aromatic rings. The van der Waals surface area contributed by atoms with Gasteiger partial charge in [-0.25, -0.2) is 4.68 Å². The van der Waals surface area contributed by atoms with E-state index in [1.807, 2.05) is 0 Å². The number of halogens is 2. The zero-order valence-electron chi connectivity index (χ0n) is 9.52. The number of rotatable bonds is 2. The molecule has 4 nitrogen and oxygen atoms in total. The van der Waals surface area contributed by atoms with Crippen LogP contribution in [-0.4, -0.2) is 14.9 Å². The van der Waals surface area contributed by atoms with Gasteiger partial charge in [0.15, 0.2) is 0 Å². The molecule has 0 saturated carbocycles. The Bertz CT molecular complexity index is 653. The maximum atomic E-state index is 11.5. The fourth-order valence-corrected chi connectivity index (χ4v) is 1.97. The lowest BCUT2D eigenvalue weighted by molar-refractivity contribution is 0.273. The zero-order valence-corrected chi connectivity index (χ0v) is 11.0. The molecular weight excluding hydrogens is 275 g/mol. The van der Waals surface area contributed by atoms with Crippen LogP contribution in [0.25, 0.3) is 5.69 Å². The summed E-state index contributed by atoms with van der Waals surface area (Å²) in [5.41, 5.74) is 0.943. The van der Waals surface area contributed by atoms with Crippen molar-refractivity contribution >= 4 is 23.2 Å². The van der Waals surface area contributed by atoms with Crippen molar-refractivity contribution in [3.05, 3.63) is 55.9 Å². The van der Waals surface area contributed by atoms with Crippen molar-refractivity contribution in [1.82, 2.24) is 9.78 Å². The lowest BCUT2D eigenvalue weighted by atomic mass is 10.3. The molecule has 94 valence electrons. The van der Waals surface area contributed by atoms with E-state index in [4.69, 9.17) is 28.3 Å². The number of benzene rings is 1. The van der Waals surface area contributed by atoms with Gasteiger partial charge in [0.05, 0.1) is 22.3 Å². The van der Waals surface area contributed by atoms with Crippen LogP contribution in [0.1, 0.15) is 11.4 Å². The Hall–Kier alpha value is -1.36. The zero-order chi connectivity index (χ0) is 13.3. The van der Waals surface area contributed by atoms with Crippen LogP contribution in [0.4, 0.5) is 0 Å². The van der Waals surface area contributed by atoms with Crippen molar-refractivity contribution in [2.24, 2.45) is 0 Å². The molecule has 18 heavy (non-hydrogen) atoms. The summed E-state index contributed by atoms with van der Waals surface area (Å²) >= 11 is 12.0. The van der Waals surface area contributed by atoms with Crippen molar-refractivity contribution in [3.63, 3.8) is 0 Å². The molecule has 1 N–H and O–H groups in total. The molecule has 2 rings (SSSR count). The van der Waals surface area contributed by atoms with E-state index in [-0.39, 0.29) is 11.1 Å². The Morgan fingerprint density at radius 2 is 2.11 bits per heavy atom. The molecule has 0 aliphatic heterocycles. The van der Waals surface area contributed by atoms with Gasteiger partial charge in [-0.15, -0.1) is 0 Å². The second-order valence-electron chi connectivity index (χ2n) is 3.74. The summed E-state index contributed by atoms with van der Waals surface area (Å²) in [6.45, 7) is 1.31. The van der Waals surface area contributed by atoms with E-state index in [1.165, 1.54) is 10.7 Å². The molecule has 0 atom stereocenters. The number of aryl methyl sites for hydroxylation is 1. The normalized spacial score (nSPS) is 10.7. The number of hydrogen-bond donors (Lipinski definition) is 1. The number of aliphatic hydroxyl groups is 1. The molecule has 0 fully saturated rings. The van der Waals surface area contributed by atoms with Gasteiger partial charge in [0.2, 0.25) is 5.43 Å². The molecule has 0 unspecified atom stereocenters. The molecule has 0 aliphatic carbocycles. The minimum Gasteiger partial charge on any atom is -0.390 e. The molecule has 0 saturated heterocycles. The van der Waals surface area contributed by atoms with Gasteiger partial charge in [-0.3, -0.25) is 4.79 Å². The highest BCUT2D eigenvalue weighted by atomic mass is 35.5. The second-order valence-corrected chi connectivity index (χ2v) is 4.52. The van der Waals surface area contributed by atoms with Gasteiger partial charge in [-0.2, -0.15) is 5.10 Å². The van der Waals surface area contributed by atoms with E-state index < -0.39 is 6.61 Å². The average Bonchev–Trinajstić information content (AvgIpc) is 2.34. The van der Waals surface area contributed by atoms with E-state index in [9.17, 15) is 4.79 Å². The number of hydrogen-bond acceptors (Lipinski definition) is 3. The standard InChI is InChI=1S/C12H10Cl2N2O2/c1-7-5-11(18)9(6-17)15-16(7)10-4-2-3-8(13)12(10)14/h2-5,17H,6H2,1H3. The fourth-order valence-electron chi connectivity index (χ4n) is 1.59. The molecule has 0 aliphatic rings. The van der Waals surface area contributed by atoms with Crippen molar-refractivity contribution in [2.45, 2.75) is 13.5 Å². The minimum absolute atomic E-state index is 0.0663. The molecule has 1 heterocycles. The third-order valence-corrected chi connectivity index (χ3v) is 3.30. The summed E-state index contributed by atoms with van der Waals surface area (Å²) in [6.07, 6.45) is 0. The van der Waals surface area contributed by atoms with Crippen LogP contribution >= 0.6 is 23.2 Å². The Balaban J connectivity index is 2.71. The van der Waals surface area contributed by atoms with Crippen LogP contribution in [0, 0.1) is 6.92 Å². The van der Waals surface area contributed by atoms with Crippen molar-refractivity contribution < 1.29 is 5.11 Å². The van der Waals surface area contributed by atoms with Crippen molar-refractivity contribution in [1.29, 1.82) is 0 Å². The van der Waals surface area contributed by atoms with E-state index in [1.54, 1.807) is 25.1 Å². The van der Waals surface area contributed by atoms with Gasteiger partial charge >= 0.3 is 0 Å². The van der Waals surface area contributed by atoms with Crippen LogP contribution in [0.3, 0.4) is 0 Å². The van der Waals surface area contributed by atoms with Crippen LogP contribution in [0.2, 0.25) is 10.0 Å². The van der Waals surface area contributed by atoms with Gasteiger partial charge in [0.25, 0.3) is 0 Å². The predicted molar refractivity (Wildman–Crippen MR) is 70.5 cm³/mol. The van der Waals surface area contributed by atoms with E-state index >= 15 is 0 Å². The molecule has 6 heteroatoms. The summed E-state index contributed by atoms with van der Waals surface area (Å²) < 4.78 is 1.49. The Morgan fingerprint density at radius 1 is 1.39 bits per heavy atom. The molecule has 0 amide bonds. The third kappa shape index (κ3) is 2.27. The van der Waals surface area contributed by atoms with E-state index in [0.29, 0.717) is 21.4 Å². The van der Waals surface area contributed by atoms with Crippen molar-refractivity contribution in [3.8, 4) is 5.69 Å².